The minimum absolute atomic E-state index is 0.227. The van der Waals surface area contributed by atoms with E-state index in [2.05, 4.69) is 73.4 Å². The van der Waals surface area contributed by atoms with E-state index in [1.54, 1.807) is 11.1 Å². The number of quaternary nitrogens is 1. The van der Waals surface area contributed by atoms with Crippen molar-refractivity contribution in [3.8, 4) is 0 Å². The van der Waals surface area contributed by atoms with Gasteiger partial charge in [-0.2, -0.15) is 5.10 Å². The van der Waals surface area contributed by atoms with E-state index >= 15 is 0 Å². The topological polar surface area (TPSA) is 36.4 Å². The van der Waals surface area contributed by atoms with Crippen LogP contribution in [-0.4, -0.2) is 42.9 Å². The molecule has 3 aliphatic heterocycles. The highest BCUT2D eigenvalue weighted by Gasteiger charge is 2.70. The number of benzene rings is 2. The third-order valence-electron chi connectivity index (χ3n) is 8.61. The Balaban J connectivity index is 1.43. The van der Waals surface area contributed by atoms with Crippen LogP contribution in [0.3, 0.4) is 0 Å². The summed E-state index contributed by atoms with van der Waals surface area (Å²) in [6, 6.07) is 20.4. The standard InChI is InChI=1S/C26H31N4/c1-3-18-17-30(2)14-13-26-22-11-7-8-12-23(22)28-25(26)21(20(18)15-24(26)30)16-27-29-19-9-5-4-6-10-19/h3-12,16,20-21,24-25,28-29H,13-15,17H2,1-2H3/q+1/b18-3+,27-16-/t20-,21+,24+,25-,26+,30-/m0/s1. The molecule has 0 unspecified atom stereocenters. The van der Waals surface area contributed by atoms with Crippen molar-refractivity contribution in [1.29, 1.82) is 0 Å². The number of para-hydroxylation sites is 2. The number of piperidine rings is 1. The zero-order chi connectivity index (χ0) is 20.3. The Morgan fingerprint density at radius 1 is 1.13 bits per heavy atom. The van der Waals surface area contributed by atoms with Gasteiger partial charge in [0.15, 0.2) is 0 Å². The molecule has 2 aromatic carbocycles. The highest BCUT2D eigenvalue weighted by Crippen LogP contribution is 2.62. The molecule has 1 saturated carbocycles. The second kappa shape index (κ2) is 6.45. The molecule has 6 rings (SSSR count). The number of rotatable bonds is 3. The van der Waals surface area contributed by atoms with Crippen LogP contribution in [0.2, 0.25) is 0 Å². The molecule has 2 N–H and O–H groups in total. The summed E-state index contributed by atoms with van der Waals surface area (Å²) in [6.07, 6.45) is 7.15. The molecule has 1 spiro atoms. The molecule has 1 aliphatic carbocycles. The third-order valence-corrected chi connectivity index (χ3v) is 8.61. The van der Waals surface area contributed by atoms with E-state index in [-0.39, 0.29) is 5.41 Å². The van der Waals surface area contributed by atoms with Crippen molar-refractivity contribution >= 4 is 17.6 Å². The zero-order valence-electron chi connectivity index (χ0n) is 17.9. The van der Waals surface area contributed by atoms with Gasteiger partial charge in [0.1, 0.15) is 12.6 Å². The van der Waals surface area contributed by atoms with Crippen LogP contribution in [0.1, 0.15) is 25.3 Å². The van der Waals surface area contributed by atoms with Gasteiger partial charge in [0, 0.05) is 36.6 Å². The lowest BCUT2D eigenvalue weighted by Crippen LogP contribution is -2.67. The fourth-order valence-electron chi connectivity index (χ4n) is 7.34. The molecule has 4 nitrogen and oxygen atoms in total. The van der Waals surface area contributed by atoms with Crippen LogP contribution in [-0.2, 0) is 5.41 Å². The van der Waals surface area contributed by atoms with E-state index < -0.39 is 0 Å². The van der Waals surface area contributed by atoms with Crippen molar-refractivity contribution in [2.24, 2.45) is 16.9 Å². The highest BCUT2D eigenvalue weighted by molar-refractivity contribution is 5.72. The van der Waals surface area contributed by atoms with E-state index in [0.717, 1.165) is 5.69 Å². The minimum Gasteiger partial charge on any atom is -0.380 e. The molecular formula is C26H31N4+. The first-order valence-electron chi connectivity index (χ1n) is 11.4. The molecule has 3 heterocycles. The number of nitrogens with one attached hydrogen (secondary N) is 2. The Bertz CT molecular complexity index is 1030. The first-order chi connectivity index (χ1) is 14.7. The second-order valence-electron chi connectivity index (χ2n) is 9.87. The zero-order valence-corrected chi connectivity index (χ0v) is 17.9. The maximum atomic E-state index is 4.75. The molecular weight excluding hydrogens is 368 g/mol. The van der Waals surface area contributed by atoms with Gasteiger partial charge >= 0.3 is 0 Å². The lowest BCUT2D eigenvalue weighted by Gasteiger charge is -2.56. The first kappa shape index (κ1) is 18.2. The van der Waals surface area contributed by atoms with Crippen LogP contribution < -0.4 is 10.7 Å². The molecule has 2 bridgehead atoms. The summed E-state index contributed by atoms with van der Waals surface area (Å²) < 4.78 is 1.20. The van der Waals surface area contributed by atoms with Gasteiger partial charge in [0.05, 0.1) is 30.7 Å². The van der Waals surface area contributed by atoms with E-state index in [1.165, 1.54) is 36.1 Å². The van der Waals surface area contributed by atoms with E-state index in [1.807, 2.05) is 18.2 Å². The van der Waals surface area contributed by atoms with Crippen LogP contribution in [0.15, 0.2) is 71.3 Å². The largest absolute Gasteiger partial charge is 0.380 e. The Morgan fingerprint density at radius 2 is 1.93 bits per heavy atom. The predicted molar refractivity (Wildman–Crippen MR) is 124 cm³/mol. The molecule has 3 fully saturated rings. The van der Waals surface area contributed by atoms with Gasteiger partial charge in [-0.1, -0.05) is 42.5 Å². The monoisotopic (exact) mass is 399 g/mol. The van der Waals surface area contributed by atoms with Gasteiger partial charge < -0.3 is 9.80 Å². The van der Waals surface area contributed by atoms with Gasteiger partial charge in [0.2, 0.25) is 0 Å². The number of nitrogens with zero attached hydrogens (tertiary/aromatic N) is 2. The first-order valence-corrected chi connectivity index (χ1v) is 11.4. The summed E-state index contributed by atoms with van der Waals surface area (Å²) >= 11 is 0. The lowest BCUT2D eigenvalue weighted by molar-refractivity contribution is -0.924. The lowest BCUT2D eigenvalue weighted by atomic mass is 9.55. The molecule has 2 aromatic rings. The Labute approximate surface area is 179 Å². The third kappa shape index (κ3) is 2.34. The van der Waals surface area contributed by atoms with E-state index in [4.69, 9.17) is 5.10 Å². The van der Waals surface area contributed by atoms with E-state index in [9.17, 15) is 0 Å². The maximum absolute atomic E-state index is 4.75. The smallest absolute Gasteiger partial charge is 0.102 e. The summed E-state index contributed by atoms with van der Waals surface area (Å²) in [6.45, 7) is 4.69. The number of hydrazone groups is 1. The van der Waals surface area contributed by atoms with Gasteiger partial charge in [-0.25, -0.2) is 0 Å². The molecule has 6 atom stereocenters. The van der Waals surface area contributed by atoms with Crippen molar-refractivity contribution in [3.63, 3.8) is 0 Å². The Morgan fingerprint density at radius 3 is 2.77 bits per heavy atom. The van der Waals surface area contributed by atoms with Crippen LogP contribution in [0.25, 0.3) is 0 Å². The van der Waals surface area contributed by atoms with Crippen LogP contribution >= 0.6 is 0 Å². The number of hydrogen-bond donors (Lipinski definition) is 2. The van der Waals surface area contributed by atoms with Crippen molar-refractivity contribution in [3.05, 3.63) is 71.8 Å². The van der Waals surface area contributed by atoms with Crippen molar-refractivity contribution in [1.82, 2.24) is 0 Å². The summed E-state index contributed by atoms with van der Waals surface area (Å²) in [5.74, 6) is 0.966. The van der Waals surface area contributed by atoms with Gasteiger partial charge in [0.25, 0.3) is 0 Å². The number of likely N-dealkylation sites (N-methyl/N-ethyl adjacent to an activating group) is 1. The average molecular weight is 400 g/mol. The maximum Gasteiger partial charge on any atom is 0.102 e. The summed E-state index contributed by atoms with van der Waals surface area (Å²) in [4.78, 5) is 0. The SMILES string of the molecule is C/C=C1\C[N@+]2(C)CC[C@]34c5ccccc5N[C@H]3[C@H](/C=N\Nc3ccccc3)[C@H]1C[C@H]42. The number of allylic oxidation sites excluding steroid dienone is 1. The Hall–Kier alpha value is -2.59. The van der Waals surface area contributed by atoms with Gasteiger partial charge in [-0.15, -0.1) is 0 Å². The van der Waals surface area contributed by atoms with Crippen molar-refractivity contribution in [2.45, 2.75) is 37.3 Å². The van der Waals surface area contributed by atoms with Crippen LogP contribution in [0.5, 0.6) is 0 Å². The highest BCUT2D eigenvalue weighted by atomic mass is 15.4. The summed E-state index contributed by atoms with van der Waals surface area (Å²) in [7, 11) is 2.50. The number of hydrogen-bond acceptors (Lipinski definition) is 3. The fraction of sp³-hybridized carbons (Fsp3) is 0.423. The number of anilines is 2. The molecule has 154 valence electrons. The molecule has 0 amide bonds. The minimum atomic E-state index is 0.227. The second-order valence-corrected chi connectivity index (χ2v) is 9.87. The van der Waals surface area contributed by atoms with E-state index in [0.29, 0.717) is 23.9 Å². The predicted octanol–water partition coefficient (Wildman–Crippen LogP) is 4.63. The van der Waals surface area contributed by atoms with Crippen LogP contribution in [0.4, 0.5) is 11.4 Å². The summed E-state index contributed by atoms with van der Waals surface area (Å²) in [5.41, 5.74) is 9.06. The quantitative estimate of drug-likeness (QED) is 0.342. The average Bonchev–Trinajstić information content (AvgIpc) is 3.29. The van der Waals surface area contributed by atoms with Gasteiger partial charge in [-0.05, 0) is 36.3 Å². The molecule has 2 saturated heterocycles. The summed E-state index contributed by atoms with van der Waals surface area (Å²) in [5, 5.41) is 8.74. The molecule has 0 radical (unpaired) electrons. The Kier molecular flexibility index (Phi) is 3.91. The molecule has 0 aromatic heterocycles. The number of fused-ring (bicyclic) bond motifs is 2. The van der Waals surface area contributed by atoms with Crippen molar-refractivity contribution < 1.29 is 4.48 Å². The van der Waals surface area contributed by atoms with Crippen LogP contribution in [0, 0.1) is 11.8 Å². The van der Waals surface area contributed by atoms with Crippen molar-refractivity contribution in [2.75, 3.05) is 30.9 Å². The fourth-order valence-corrected chi connectivity index (χ4v) is 7.34. The molecule has 4 heteroatoms. The molecule has 30 heavy (non-hydrogen) atoms. The van der Waals surface area contributed by atoms with Gasteiger partial charge in [-0.3, -0.25) is 5.43 Å². The normalized spacial score (nSPS) is 39.6. The molecule has 4 aliphatic rings.